The fourth-order valence-electron chi connectivity index (χ4n) is 2.09. The number of methoxy groups -OCH3 is 2. The van der Waals surface area contributed by atoms with E-state index in [1.165, 1.54) is 0 Å². The minimum atomic E-state index is -0.599. The van der Waals surface area contributed by atoms with Crippen molar-refractivity contribution in [2.75, 3.05) is 14.2 Å². The zero-order valence-electron chi connectivity index (χ0n) is 12.7. The third-order valence-corrected chi connectivity index (χ3v) is 3.11. The van der Waals surface area contributed by atoms with E-state index in [0.717, 1.165) is 5.56 Å². The van der Waals surface area contributed by atoms with E-state index in [4.69, 9.17) is 14.3 Å². The monoisotopic (exact) mass is 292 g/mol. The molecule has 1 atom stereocenters. The number of oxime groups is 1. The lowest BCUT2D eigenvalue weighted by molar-refractivity contribution is -0.131. The summed E-state index contributed by atoms with van der Waals surface area (Å²) in [6, 6.07) is 5.50. The molecule has 6 nitrogen and oxygen atoms in total. The first-order chi connectivity index (χ1) is 10.0. The van der Waals surface area contributed by atoms with E-state index in [0.29, 0.717) is 23.6 Å². The van der Waals surface area contributed by atoms with E-state index in [1.54, 1.807) is 20.3 Å². The molecule has 1 amide bonds. The quantitative estimate of drug-likeness (QED) is 0.897. The fraction of sp³-hybridized carbons (Fsp3) is 0.467. The number of rotatable bonds is 5. The van der Waals surface area contributed by atoms with Gasteiger partial charge in [0, 0.05) is 18.0 Å². The molecule has 0 saturated carbocycles. The van der Waals surface area contributed by atoms with Crippen molar-refractivity contribution in [1.29, 1.82) is 0 Å². The Hall–Kier alpha value is -2.24. The molecule has 0 fully saturated rings. The Morgan fingerprint density at radius 3 is 2.76 bits per heavy atom. The predicted molar refractivity (Wildman–Crippen MR) is 78.9 cm³/mol. The molecular formula is C15H20N2O4. The van der Waals surface area contributed by atoms with Crippen molar-refractivity contribution >= 4 is 11.6 Å². The Kier molecular flexibility index (Phi) is 4.67. The summed E-state index contributed by atoms with van der Waals surface area (Å²) in [5.41, 5.74) is 1.45. The van der Waals surface area contributed by atoms with Gasteiger partial charge in [-0.25, -0.2) is 0 Å². The lowest BCUT2D eigenvalue weighted by Crippen LogP contribution is -2.38. The van der Waals surface area contributed by atoms with Crippen LogP contribution in [-0.4, -0.2) is 38.0 Å². The highest BCUT2D eigenvalue weighted by molar-refractivity contribution is 6.06. The van der Waals surface area contributed by atoms with Crippen LogP contribution in [0, 0.1) is 0 Å². The van der Waals surface area contributed by atoms with Gasteiger partial charge >= 0.3 is 0 Å². The van der Waals surface area contributed by atoms with Crippen LogP contribution >= 0.6 is 0 Å². The summed E-state index contributed by atoms with van der Waals surface area (Å²) < 4.78 is 10.5. The molecule has 0 saturated heterocycles. The van der Waals surface area contributed by atoms with Crippen molar-refractivity contribution in [2.45, 2.75) is 32.4 Å². The second-order valence-electron chi connectivity index (χ2n) is 5.07. The van der Waals surface area contributed by atoms with Gasteiger partial charge in [-0.3, -0.25) is 4.79 Å². The minimum absolute atomic E-state index is 0.0662. The standard InChI is InChI=1S/C15H20N2O4/c1-9(2)16-15(18)14-8-12(17-21-14)11-7-10(19-3)5-6-13(11)20-4/h5-7,9,14H,8H2,1-4H3,(H,16,18)/t14-/m1/s1. The molecule has 2 rings (SSSR count). The van der Waals surface area contributed by atoms with Gasteiger partial charge in [-0.2, -0.15) is 0 Å². The zero-order chi connectivity index (χ0) is 15.4. The van der Waals surface area contributed by atoms with Crippen LogP contribution < -0.4 is 14.8 Å². The number of hydrogen-bond donors (Lipinski definition) is 1. The number of nitrogens with zero attached hydrogens (tertiary/aromatic N) is 1. The van der Waals surface area contributed by atoms with E-state index in [-0.39, 0.29) is 11.9 Å². The van der Waals surface area contributed by atoms with Crippen LogP contribution in [0.3, 0.4) is 0 Å². The van der Waals surface area contributed by atoms with Gasteiger partial charge in [-0.15, -0.1) is 0 Å². The second-order valence-corrected chi connectivity index (χ2v) is 5.07. The van der Waals surface area contributed by atoms with Crippen LogP contribution in [0.15, 0.2) is 23.4 Å². The Morgan fingerprint density at radius 1 is 1.38 bits per heavy atom. The van der Waals surface area contributed by atoms with Crippen molar-refractivity contribution in [3.8, 4) is 11.5 Å². The molecule has 0 unspecified atom stereocenters. The summed E-state index contributed by atoms with van der Waals surface area (Å²) in [5.74, 6) is 1.21. The molecule has 1 aliphatic heterocycles. The molecule has 21 heavy (non-hydrogen) atoms. The van der Waals surface area contributed by atoms with E-state index in [1.807, 2.05) is 26.0 Å². The third-order valence-electron chi connectivity index (χ3n) is 3.11. The summed E-state index contributed by atoms with van der Waals surface area (Å²) in [6.07, 6.45) is -0.194. The van der Waals surface area contributed by atoms with Crippen molar-refractivity contribution in [1.82, 2.24) is 5.32 Å². The van der Waals surface area contributed by atoms with E-state index < -0.39 is 6.10 Å². The smallest absolute Gasteiger partial charge is 0.264 e. The van der Waals surface area contributed by atoms with Crippen molar-refractivity contribution < 1.29 is 19.1 Å². The topological polar surface area (TPSA) is 69.1 Å². The molecule has 1 aliphatic rings. The summed E-state index contributed by atoms with van der Waals surface area (Å²) in [7, 11) is 3.18. The van der Waals surface area contributed by atoms with E-state index in [2.05, 4.69) is 10.5 Å². The van der Waals surface area contributed by atoms with Gasteiger partial charge in [0.15, 0.2) is 0 Å². The summed E-state index contributed by atoms with van der Waals surface area (Å²) in [4.78, 5) is 17.2. The van der Waals surface area contributed by atoms with Crippen molar-refractivity contribution in [2.24, 2.45) is 5.16 Å². The van der Waals surface area contributed by atoms with Crippen LogP contribution in [0.4, 0.5) is 0 Å². The van der Waals surface area contributed by atoms with Crippen LogP contribution in [-0.2, 0) is 9.63 Å². The molecule has 6 heteroatoms. The minimum Gasteiger partial charge on any atom is -0.497 e. The first-order valence-electron chi connectivity index (χ1n) is 6.80. The predicted octanol–water partition coefficient (Wildman–Crippen LogP) is 1.72. The lowest BCUT2D eigenvalue weighted by atomic mass is 10.0. The molecule has 1 aromatic carbocycles. The van der Waals surface area contributed by atoms with Crippen LogP contribution in [0.1, 0.15) is 25.8 Å². The number of hydrogen-bond acceptors (Lipinski definition) is 5. The first kappa shape index (κ1) is 15.2. The molecule has 1 aromatic rings. The highest BCUT2D eigenvalue weighted by Crippen LogP contribution is 2.28. The van der Waals surface area contributed by atoms with Crippen LogP contribution in [0.25, 0.3) is 0 Å². The summed E-state index contributed by atoms with van der Waals surface area (Å²) in [5, 5.41) is 6.83. The molecule has 0 bridgehead atoms. The normalized spacial score (nSPS) is 17.2. The Labute approximate surface area is 124 Å². The zero-order valence-corrected chi connectivity index (χ0v) is 12.7. The number of ether oxygens (including phenoxy) is 2. The molecule has 1 heterocycles. The molecule has 0 spiro atoms. The van der Waals surface area contributed by atoms with E-state index in [9.17, 15) is 4.79 Å². The Bertz CT molecular complexity index is 555. The molecule has 114 valence electrons. The maximum absolute atomic E-state index is 11.9. The molecule has 0 radical (unpaired) electrons. The maximum atomic E-state index is 11.9. The molecule has 1 N–H and O–H groups in total. The average Bonchev–Trinajstić information content (AvgIpc) is 2.95. The first-order valence-corrected chi connectivity index (χ1v) is 6.80. The van der Waals surface area contributed by atoms with Crippen molar-refractivity contribution in [3.05, 3.63) is 23.8 Å². The highest BCUT2D eigenvalue weighted by Gasteiger charge is 2.30. The van der Waals surface area contributed by atoms with Gasteiger partial charge in [0.05, 0.1) is 19.9 Å². The summed E-state index contributed by atoms with van der Waals surface area (Å²) in [6.45, 7) is 3.80. The number of carbonyl (C=O) groups is 1. The largest absolute Gasteiger partial charge is 0.497 e. The number of carbonyl (C=O) groups excluding carboxylic acids is 1. The van der Waals surface area contributed by atoms with Gasteiger partial charge in [-0.05, 0) is 32.0 Å². The van der Waals surface area contributed by atoms with E-state index >= 15 is 0 Å². The molecule has 0 aromatic heterocycles. The SMILES string of the molecule is COc1ccc(OC)c(C2=NO[C@@H](C(=O)NC(C)C)C2)c1. The lowest BCUT2D eigenvalue weighted by Gasteiger charge is -2.12. The second kappa shape index (κ2) is 6.47. The van der Waals surface area contributed by atoms with Gasteiger partial charge < -0.3 is 19.6 Å². The molecular weight excluding hydrogens is 272 g/mol. The van der Waals surface area contributed by atoms with Crippen LogP contribution in [0.5, 0.6) is 11.5 Å². The number of benzene rings is 1. The maximum Gasteiger partial charge on any atom is 0.264 e. The van der Waals surface area contributed by atoms with Gasteiger partial charge in [0.2, 0.25) is 6.10 Å². The van der Waals surface area contributed by atoms with Gasteiger partial charge in [0.25, 0.3) is 5.91 Å². The van der Waals surface area contributed by atoms with Crippen molar-refractivity contribution in [3.63, 3.8) is 0 Å². The van der Waals surface area contributed by atoms with Gasteiger partial charge in [-0.1, -0.05) is 5.16 Å². The molecule has 0 aliphatic carbocycles. The highest BCUT2D eigenvalue weighted by atomic mass is 16.6. The third kappa shape index (κ3) is 3.45. The average molecular weight is 292 g/mol. The Morgan fingerprint density at radius 2 is 2.14 bits per heavy atom. The van der Waals surface area contributed by atoms with Gasteiger partial charge in [0.1, 0.15) is 11.5 Å². The fourth-order valence-corrected chi connectivity index (χ4v) is 2.09. The van der Waals surface area contributed by atoms with Crippen LogP contribution in [0.2, 0.25) is 0 Å². The number of amides is 1. The summed E-state index contributed by atoms with van der Waals surface area (Å²) >= 11 is 0. The number of nitrogens with one attached hydrogen (secondary N) is 1. The Balaban J connectivity index is 2.15.